The van der Waals surface area contributed by atoms with Crippen LogP contribution in [0.3, 0.4) is 0 Å². The van der Waals surface area contributed by atoms with Crippen LogP contribution in [-0.2, 0) is 9.53 Å². The molecule has 0 heterocycles. The number of hydrogen-bond donors (Lipinski definition) is 0. The number of esters is 1. The average Bonchev–Trinajstić information content (AvgIpc) is 2.28. The third-order valence-electron chi connectivity index (χ3n) is 2.06. The fourth-order valence-corrected chi connectivity index (χ4v) is 1.19. The Kier molecular flexibility index (Phi) is 3.92. The lowest BCUT2D eigenvalue weighted by atomic mass is 10.1. The molecule has 0 radical (unpaired) electrons. The van der Waals surface area contributed by atoms with Crippen molar-refractivity contribution in [3.63, 3.8) is 0 Å². The predicted molar refractivity (Wildman–Crippen MR) is 58.7 cm³/mol. The molecule has 0 fully saturated rings. The Labute approximate surface area is 89.3 Å². The van der Waals surface area contributed by atoms with Gasteiger partial charge in [-0.2, -0.15) is 0 Å². The van der Waals surface area contributed by atoms with E-state index < -0.39 is 0 Å². The van der Waals surface area contributed by atoms with Gasteiger partial charge in [-0.15, -0.1) is 0 Å². The predicted octanol–water partition coefficient (Wildman–Crippen LogP) is 2.27. The second-order valence-corrected chi connectivity index (χ2v) is 3.08. The molecule has 0 N–H and O–H groups in total. The van der Waals surface area contributed by atoms with E-state index >= 15 is 0 Å². The molecular weight excluding hydrogens is 192 g/mol. The highest BCUT2D eigenvalue weighted by atomic mass is 16.5. The quantitative estimate of drug-likeness (QED) is 0.562. The molecule has 0 aliphatic rings. The van der Waals surface area contributed by atoms with E-state index in [0.717, 1.165) is 16.9 Å². The lowest BCUT2D eigenvalue weighted by molar-refractivity contribution is -0.134. The largest absolute Gasteiger partial charge is 0.497 e. The van der Waals surface area contributed by atoms with Crippen molar-refractivity contribution in [2.45, 2.75) is 6.92 Å². The van der Waals surface area contributed by atoms with Gasteiger partial charge in [-0.05, 0) is 30.2 Å². The van der Waals surface area contributed by atoms with Crippen LogP contribution >= 0.6 is 0 Å². The maximum absolute atomic E-state index is 11.0. The van der Waals surface area contributed by atoms with E-state index in [1.165, 1.54) is 13.2 Å². The molecule has 0 spiro atoms. The summed E-state index contributed by atoms with van der Waals surface area (Å²) in [6, 6.07) is 7.52. The minimum absolute atomic E-state index is 0.352. The van der Waals surface area contributed by atoms with Crippen LogP contribution in [0.2, 0.25) is 0 Å². The van der Waals surface area contributed by atoms with Gasteiger partial charge in [-0.3, -0.25) is 0 Å². The molecule has 0 aromatic heterocycles. The molecule has 0 saturated heterocycles. The van der Waals surface area contributed by atoms with Crippen LogP contribution in [0.4, 0.5) is 0 Å². The fourth-order valence-electron chi connectivity index (χ4n) is 1.19. The second-order valence-electron chi connectivity index (χ2n) is 3.08. The van der Waals surface area contributed by atoms with Gasteiger partial charge in [-0.25, -0.2) is 4.79 Å². The summed E-state index contributed by atoms with van der Waals surface area (Å²) in [6.07, 6.45) is 1.45. The van der Waals surface area contributed by atoms with Crippen LogP contribution in [0.5, 0.6) is 5.75 Å². The number of rotatable bonds is 3. The van der Waals surface area contributed by atoms with Crippen LogP contribution in [0, 0.1) is 0 Å². The van der Waals surface area contributed by atoms with Gasteiger partial charge >= 0.3 is 5.97 Å². The molecule has 3 nitrogen and oxygen atoms in total. The van der Waals surface area contributed by atoms with E-state index in [2.05, 4.69) is 4.74 Å². The summed E-state index contributed by atoms with van der Waals surface area (Å²) in [5, 5.41) is 0. The average molecular weight is 206 g/mol. The normalized spacial score (nSPS) is 11.0. The molecule has 1 rings (SSSR count). The molecule has 80 valence electrons. The summed E-state index contributed by atoms with van der Waals surface area (Å²) in [4.78, 5) is 11.0. The van der Waals surface area contributed by atoms with Crippen LogP contribution in [0.15, 0.2) is 30.3 Å². The van der Waals surface area contributed by atoms with E-state index in [1.807, 2.05) is 31.2 Å². The van der Waals surface area contributed by atoms with Gasteiger partial charge in [0.15, 0.2) is 0 Å². The van der Waals surface area contributed by atoms with E-state index in [-0.39, 0.29) is 5.97 Å². The molecule has 1 aromatic rings. The zero-order valence-corrected chi connectivity index (χ0v) is 9.11. The van der Waals surface area contributed by atoms with Crippen LogP contribution < -0.4 is 4.74 Å². The van der Waals surface area contributed by atoms with Crippen molar-refractivity contribution in [3.8, 4) is 5.75 Å². The highest BCUT2D eigenvalue weighted by Crippen LogP contribution is 2.19. The number of methoxy groups -OCH3 is 2. The van der Waals surface area contributed by atoms with Gasteiger partial charge in [0, 0.05) is 6.08 Å². The third kappa shape index (κ3) is 3.13. The number of carbonyl (C=O) groups excluding carboxylic acids is 1. The Bertz CT molecular complexity index is 380. The van der Waals surface area contributed by atoms with Crippen LogP contribution in [0.1, 0.15) is 12.5 Å². The second kappa shape index (κ2) is 5.20. The summed E-state index contributed by atoms with van der Waals surface area (Å²) < 4.78 is 9.65. The smallest absolute Gasteiger partial charge is 0.330 e. The van der Waals surface area contributed by atoms with Crippen LogP contribution in [0.25, 0.3) is 5.57 Å². The monoisotopic (exact) mass is 206 g/mol. The van der Waals surface area contributed by atoms with Crippen molar-refractivity contribution >= 4 is 11.5 Å². The summed E-state index contributed by atoms with van der Waals surface area (Å²) in [5.74, 6) is 0.417. The van der Waals surface area contributed by atoms with Gasteiger partial charge < -0.3 is 9.47 Å². The van der Waals surface area contributed by atoms with E-state index in [0.29, 0.717) is 0 Å². The summed E-state index contributed by atoms with van der Waals surface area (Å²) in [7, 11) is 2.97. The van der Waals surface area contributed by atoms with Crippen molar-refractivity contribution in [2.24, 2.45) is 0 Å². The van der Waals surface area contributed by atoms with E-state index in [1.54, 1.807) is 7.11 Å². The van der Waals surface area contributed by atoms with Gasteiger partial charge in [0.25, 0.3) is 0 Å². The topological polar surface area (TPSA) is 35.5 Å². The lowest BCUT2D eigenvalue weighted by Gasteiger charge is -2.04. The number of ether oxygens (including phenoxy) is 2. The molecule has 0 atom stereocenters. The molecule has 0 bridgehead atoms. The Morgan fingerprint density at radius 2 is 2.07 bits per heavy atom. The van der Waals surface area contributed by atoms with Crippen molar-refractivity contribution in [1.82, 2.24) is 0 Å². The molecule has 0 amide bonds. The minimum Gasteiger partial charge on any atom is -0.497 e. The summed E-state index contributed by atoms with van der Waals surface area (Å²) in [5.41, 5.74) is 1.79. The van der Waals surface area contributed by atoms with Crippen LogP contribution in [-0.4, -0.2) is 20.2 Å². The molecule has 0 unspecified atom stereocenters. The molecule has 0 aliphatic carbocycles. The first-order valence-corrected chi connectivity index (χ1v) is 4.58. The molecule has 1 aromatic carbocycles. The first-order chi connectivity index (χ1) is 7.17. The highest BCUT2D eigenvalue weighted by Gasteiger charge is 2.01. The van der Waals surface area contributed by atoms with Gasteiger partial charge in [0.1, 0.15) is 5.75 Å². The molecule has 0 aliphatic heterocycles. The van der Waals surface area contributed by atoms with E-state index in [9.17, 15) is 4.79 Å². The molecule has 3 heteroatoms. The van der Waals surface area contributed by atoms with E-state index in [4.69, 9.17) is 4.74 Å². The van der Waals surface area contributed by atoms with Gasteiger partial charge in [-0.1, -0.05) is 12.1 Å². The summed E-state index contributed by atoms with van der Waals surface area (Å²) in [6.45, 7) is 1.85. The first kappa shape index (κ1) is 11.3. The Hall–Kier alpha value is -1.77. The standard InChI is InChI=1S/C12H14O3/c1-9(7-12(13)15-3)10-5-4-6-11(8-10)14-2/h4-8H,1-3H3/b9-7-. The third-order valence-corrected chi connectivity index (χ3v) is 2.06. The maximum Gasteiger partial charge on any atom is 0.330 e. The Morgan fingerprint density at radius 1 is 1.33 bits per heavy atom. The van der Waals surface area contributed by atoms with Gasteiger partial charge in [0.2, 0.25) is 0 Å². The lowest BCUT2D eigenvalue weighted by Crippen LogP contribution is -1.95. The zero-order chi connectivity index (χ0) is 11.3. The molecule has 0 saturated carbocycles. The molecular formula is C12H14O3. The first-order valence-electron chi connectivity index (χ1n) is 4.58. The van der Waals surface area contributed by atoms with Crippen molar-refractivity contribution in [1.29, 1.82) is 0 Å². The SMILES string of the molecule is COC(=O)/C=C(/C)c1cccc(OC)c1. The minimum atomic E-state index is -0.352. The Morgan fingerprint density at radius 3 is 2.67 bits per heavy atom. The Balaban J connectivity index is 2.95. The number of carbonyl (C=O) groups is 1. The molecule has 15 heavy (non-hydrogen) atoms. The number of benzene rings is 1. The zero-order valence-electron chi connectivity index (χ0n) is 9.11. The number of hydrogen-bond acceptors (Lipinski definition) is 3. The van der Waals surface area contributed by atoms with Gasteiger partial charge in [0.05, 0.1) is 14.2 Å². The van der Waals surface area contributed by atoms with Crippen molar-refractivity contribution in [3.05, 3.63) is 35.9 Å². The highest BCUT2D eigenvalue weighted by molar-refractivity contribution is 5.90. The van der Waals surface area contributed by atoms with Crippen molar-refractivity contribution < 1.29 is 14.3 Å². The van der Waals surface area contributed by atoms with Crippen molar-refractivity contribution in [2.75, 3.05) is 14.2 Å². The summed E-state index contributed by atoms with van der Waals surface area (Å²) >= 11 is 0. The fraction of sp³-hybridized carbons (Fsp3) is 0.250. The maximum atomic E-state index is 11.0. The number of allylic oxidation sites excluding steroid dienone is 1.